The topological polar surface area (TPSA) is 8.17 Å². The minimum Gasteiger partial charge on any atom is -0.310 e. The average Bonchev–Trinajstić information content (AvgIpc) is 4.01. The predicted octanol–water partition coefficient (Wildman–Crippen LogP) is 17.3. The Balaban J connectivity index is 0.927. The summed E-state index contributed by atoms with van der Waals surface area (Å²) in [5.74, 6) is 0. The molecule has 1 unspecified atom stereocenters. The van der Waals surface area contributed by atoms with E-state index >= 15 is 0 Å². The molecule has 1 aliphatic carbocycles. The SMILES string of the molecule is CC12c3ccccc3-c3cccc(c31)N(c1ccc(-c3ccc4sc5ccc(-c6ccccc6)cc5c4c3)cc1)c1ccc(-c3cccc4c3c3ccccc3n4-c3ccccc3)cc12. The summed E-state index contributed by atoms with van der Waals surface area (Å²) in [5.41, 5.74) is 20.9. The van der Waals surface area contributed by atoms with E-state index in [0.29, 0.717) is 0 Å². The van der Waals surface area contributed by atoms with Crippen LogP contribution in [0.4, 0.5) is 17.1 Å². The van der Waals surface area contributed by atoms with Crippen LogP contribution in [-0.4, -0.2) is 4.57 Å². The summed E-state index contributed by atoms with van der Waals surface area (Å²) in [6, 6.07) is 83.4. The molecule has 1 atom stereocenters. The van der Waals surface area contributed by atoms with Gasteiger partial charge in [-0.2, -0.15) is 0 Å². The Morgan fingerprint density at radius 3 is 1.75 bits per heavy atom. The normalized spacial score (nSPS) is 14.9. The molecule has 3 heteroatoms. The molecule has 2 aliphatic rings. The van der Waals surface area contributed by atoms with Crippen molar-refractivity contribution in [1.29, 1.82) is 0 Å². The molecule has 0 saturated heterocycles. The first kappa shape index (κ1) is 36.5. The van der Waals surface area contributed by atoms with Crippen LogP contribution in [0.5, 0.6) is 0 Å². The van der Waals surface area contributed by atoms with E-state index < -0.39 is 0 Å². The third-order valence-electron chi connectivity index (χ3n) is 14.4. The molecule has 0 radical (unpaired) electrons. The van der Waals surface area contributed by atoms with Gasteiger partial charge in [-0.05, 0) is 147 Å². The molecule has 0 spiro atoms. The Hall–Kier alpha value is -7.98. The molecule has 2 nitrogen and oxygen atoms in total. The summed E-state index contributed by atoms with van der Waals surface area (Å²) in [6.45, 7) is 2.46. The number of aromatic nitrogens is 1. The molecule has 65 heavy (non-hydrogen) atoms. The van der Waals surface area contributed by atoms with Crippen molar-refractivity contribution in [3.8, 4) is 50.2 Å². The van der Waals surface area contributed by atoms with Crippen molar-refractivity contribution >= 4 is 70.4 Å². The van der Waals surface area contributed by atoms with Crippen LogP contribution in [0.3, 0.4) is 0 Å². The number of para-hydroxylation sites is 2. The fourth-order valence-corrected chi connectivity index (χ4v) is 12.5. The van der Waals surface area contributed by atoms with Crippen molar-refractivity contribution < 1.29 is 0 Å². The van der Waals surface area contributed by atoms with Crippen LogP contribution in [0, 0.1) is 0 Å². The largest absolute Gasteiger partial charge is 0.310 e. The number of nitrogens with zero attached hydrogens (tertiary/aromatic N) is 2. The van der Waals surface area contributed by atoms with Crippen molar-refractivity contribution in [3.05, 3.63) is 241 Å². The maximum Gasteiger partial charge on any atom is 0.0547 e. The first-order chi connectivity index (χ1) is 32.1. The lowest BCUT2D eigenvalue weighted by Gasteiger charge is -2.42. The van der Waals surface area contributed by atoms with Gasteiger partial charge >= 0.3 is 0 Å². The highest BCUT2D eigenvalue weighted by Gasteiger charge is 2.48. The fraction of sp³-hybridized carbons (Fsp3) is 0.0323. The molecule has 0 fully saturated rings. The molecule has 304 valence electrons. The molecule has 3 heterocycles. The van der Waals surface area contributed by atoms with Crippen LogP contribution in [0.25, 0.3) is 92.2 Å². The molecular weight excluding hydrogens is 805 g/mol. The van der Waals surface area contributed by atoms with Crippen LogP contribution >= 0.6 is 11.3 Å². The summed E-state index contributed by atoms with van der Waals surface area (Å²) >= 11 is 1.87. The average molecular weight is 845 g/mol. The van der Waals surface area contributed by atoms with E-state index in [9.17, 15) is 0 Å². The third-order valence-corrected chi connectivity index (χ3v) is 15.5. The van der Waals surface area contributed by atoms with Gasteiger partial charge in [-0.1, -0.05) is 146 Å². The molecule has 10 aromatic carbocycles. The van der Waals surface area contributed by atoms with Crippen molar-refractivity contribution in [2.24, 2.45) is 0 Å². The van der Waals surface area contributed by atoms with Crippen molar-refractivity contribution in [1.82, 2.24) is 4.57 Å². The smallest absolute Gasteiger partial charge is 0.0547 e. The van der Waals surface area contributed by atoms with E-state index in [1.54, 1.807) is 0 Å². The summed E-state index contributed by atoms with van der Waals surface area (Å²) in [5, 5.41) is 5.16. The predicted molar refractivity (Wildman–Crippen MR) is 276 cm³/mol. The van der Waals surface area contributed by atoms with Crippen LogP contribution in [0.15, 0.2) is 224 Å². The highest BCUT2D eigenvalue weighted by atomic mass is 32.1. The lowest BCUT2D eigenvalue weighted by molar-refractivity contribution is 0.702. The Labute approximate surface area is 381 Å². The molecule has 0 saturated carbocycles. The lowest BCUT2D eigenvalue weighted by Crippen LogP contribution is -2.32. The van der Waals surface area contributed by atoms with Crippen LogP contribution in [-0.2, 0) is 5.41 Å². The number of rotatable bonds is 5. The lowest BCUT2D eigenvalue weighted by atomic mass is 9.70. The maximum absolute atomic E-state index is 2.51. The van der Waals surface area contributed by atoms with E-state index in [0.717, 1.165) is 5.69 Å². The number of fused-ring (bicyclic) bond motifs is 11. The van der Waals surface area contributed by atoms with Gasteiger partial charge in [0.25, 0.3) is 0 Å². The molecular formula is C62H40N2S. The second-order valence-electron chi connectivity index (χ2n) is 17.8. The molecule has 2 aromatic heterocycles. The minimum atomic E-state index is -0.352. The number of benzene rings is 10. The number of hydrogen-bond acceptors (Lipinski definition) is 2. The van der Waals surface area contributed by atoms with Gasteiger partial charge in [0.2, 0.25) is 0 Å². The fourth-order valence-electron chi connectivity index (χ4n) is 11.4. The second kappa shape index (κ2) is 13.8. The first-order valence-corrected chi connectivity index (χ1v) is 23.3. The Bertz CT molecular complexity index is 3900. The Kier molecular flexibility index (Phi) is 7.73. The molecule has 0 amide bonds. The van der Waals surface area contributed by atoms with Gasteiger partial charge in [0.1, 0.15) is 0 Å². The summed E-state index contributed by atoms with van der Waals surface area (Å²) < 4.78 is 5.05. The van der Waals surface area contributed by atoms with Gasteiger partial charge in [0.15, 0.2) is 0 Å². The van der Waals surface area contributed by atoms with E-state index in [4.69, 9.17) is 0 Å². The monoisotopic (exact) mass is 844 g/mol. The van der Waals surface area contributed by atoms with Crippen LogP contribution in [0.2, 0.25) is 0 Å². The molecule has 14 rings (SSSR count). The zero-order chi connectivity index (χ0) is 42.8. The molecule has 12 aromatic rings. The highest BCUT2D eigenvalue weighted by molar-refractivity contribution is 7.25. The van der Waals surface area contributed by atoms with Gasteiger partial charge in [0.05, 0.1) is 22.4 Å². The van der Waals surface area contributed by atoms with Gasteiger partial charge in [-0.25, -0.2) is 0 Å². The van der Waals surface area contributed by atoms with Crippen molar-refractivity contribution in [2.45, 2.75) is 12.3 Å². The van der Waals surface area contributed by atoms with Gasteiger partial charge in [0, 0.05) is 47.7 Å². The minimum absolute atomic E-state index is 0.352. The van der Waals surface area contributed by atoms with Gasteiger partial charge < -0.3 is 9.47 Å². The van der Waals surface area contributed by atoms with E-state index in [1.807, 2.05) is 11.3 Å². The van der Waals surface area contributed by atoms with Crippen LogP contribution in [0.1, 0.15) is 23.6 Å². The maximum atomic E-state index is 2.51. The summed E-state index contributed by atoms with van der Waals surface area (Å²) in [6.07, 6.45) is 0. The van der Waals surface area contributed by atoms with E-state index in [-0.39, 0.29) is 5.41 Å². The zero-order valence-corrected chi connectivity index (χ0v) is 36.5. The molecule has 1 aliphatic heterocycles. The molecule has 0 N–H and O–H groups in total. The number of hydrogen-bond donors (Lipinski definition) is 0. The number of thiophene rings is 1. The standard InChI is InChI=1S/C62H40N2S/c1-62-52-22-10-8-18-47(52)48-21-13-25-57(61(48)62)64(45-31-26-40(27-32-45)42-30-35-59-51(37-42)50-36-41(29-34-58(50)65-59)39-14-4-2-5-15-39)55-33-28-43(38-53(55)62)46-20-12-24-56-60(46)49-19-9-11-23-54(49)63(56)44-16-6-3-7-17-44/h2-38H,1H3. The zero-order valence-electron chi connectivity index (χ0n) is 35.7. The van der Waals surface area contributed by atoms with Gasteiger partial charge in [-0.3, -0.25) is 0 Å². The molecule has 0 bridgehead atoms. The van der Waals surface area contributed by atoms with E-state index in [2.05, 4.69) is 241 Å². The van der Waals surface area contributed by atoms with Crippen molar-refractivity contribution in [3.63, 3.8) is 0 Å². The number of anilines is 3. The third kappa shape index (κ3) is 5.22. The van der Waals surface area contributed by atoms with Crippen LogP contribution < -0.4 is 4.90 Å². The second-order valence-corrected chi connectivity index (χ2v) is 18.8. The first-order valence-electron chi connectivity index (χ1n) is 22.5. The Morgan fingerprint density at radius 1 is 0.369 bits per heavy atom. The van der Waals surface area contributed by atoms with E-state index in [1.165, 1.54) is 120 Å². The highest BCUT2D eigenvalue weighted by Crippen LogP contribution is 2.62. The quantitative estimate of drug-likeness (QED) is 0.168. The Morgan fingerprint density at radius 2 is 0.969 bits per heavy atom. The van der Waals surface area contributed by atoms with Crippen molar-refractivity contribution in [2.75, 3.05) is 4.90 Å². The summed E-state index contributed by atoms with van der Waals surface area (Å²) in [7, 11) is 0. The van der Waals surface area contributed by atoms with Gasteiger partial charge in [-0.15, -0.1) is 11.3 Å². The summed E-state index contributed by atoms with van der Waals surface area (Å²) in [4.78, 5) is 2.51.